The van der Waals surface area contributed by atoms with E-state index in [1.165, 1.54) is 16.2 Å². The number of rotatable bonds is 10. The predicted molar refractivity (Wildman–Crippen MR) is 146 cm³/mol. The zero-order valence-corrected chi connectivity index (χ0v) is 21.9. The summed E-state index contributed by atoms with van der Waals surface area (Å²) in [5.74, 6) is -1.38. The Kier molecular flexibility index (Phi) is 8.17. The summed E-state index contributed by atoms with van der Waals surface area (Å²) in [7, 11) is -1.05. The van der Waals surface area contributed by atoms with Crippen LogP contribution in [-0.4, -0.2) is 51.2 Å². The Labute approximate surface area is 219 Å². The number of sulfonamides is 1. The molecular weight excluding hydrogens is 512 g/mol. The van der Waals surface area contributed by atoms with Gasteiger partial charge in [-0.25, -0.2) is 18.1 Å². The van der Waals surface area contributed by atoms with Crippen molar-refractivity contribution in [2.45, 2.75) is 12.5 Å². The lowest BCUT2D eigenvalue weighted by Gasteiger charge is -2.25. The van der Waals surface area contributed by atoms with Crippen molar-refractivity contribution < 1.29 is 22.7 Å². The van der Waals surface area contributed by atoms with Gasteiger partial charge >= 0.3 is 0 Å². The Hall–Kier alpha value is -3.80. The molecule has 0 aliphatic heterocycles. The molecule has 0 aliphatic carbocycles. The molecule has 2 amide bonds. The number of anilines is 2. The van der Waals surface area contributed by atoms with E-state index in [9.17, 15) is 18.0 Å². The minimum absolute atomic E-state index is 0.114. The molecular formula is C26H26N4O5S2. The molecule has 0 aliphatic rings. The summed E-state index contributed by atoms with van der Waals surface area (Å²) in [6, 6.07) is 19.9. The highest BCUT2D eigenvalue weighted by molar-refractivity contribution is 7.90. The van der Waals surface area contributed by atoms with Crippen LogP contribution in [0.15, 0.2) is 78.3 Å². The van der Waals surface area contributed by atoms with Crippen LogP contribution in [0.3, 0.4) is 0 Å². The number of likely N-dealkylation sites (N-methyl/N-ethyl adjacent to an activating group) is 1. The van der Waals surface area contributed by atoms with Gasteiger partial charge in [-0.05, 0) is 54.4 Å². The van der Waals surface area contributed by atoms with Gasteiger partial charge in [0.1, 0.15) is 17.5 Å². The number of methoxy groups -OCH3 is 1. The van der Waals surface area contributed by atoms with E-state index in [-0.39, 0.29) is 6.42 Å². The summed E-state index contributed by atoms with van der Waals surface area (Å²) < 4.78 is 34.4. The maximum Gasteiger partial charge on any atom is 0.245 e. The van der Waals surface area contributed by atoms with E-state index in [1.807, 2.05) is 30.3 Å². The summed E-state index contributed by atoms with van der Waals surface area (Å²) in [6.07, 6.45) is 0.114. The fraction of sp³-hybridized carbons (Fsp3) is 0.192. The van der Waals surface area contributed by atoms with Crippen LogP contribution in [0, 0.1) is 0 Å². The van der Waals surface area contributed by atoms with Crippen molar-refractivity contribution in [3.63, 3.8) is 0 Å². The maximum atomic E-state index is 13.4. The van der Waals surface area contributed by atoms with Gasteiger partial charge in [-0.2, -0.15) is 0 Å². The van der Waals surface area contributed by atoms with Crippen molar-refractivity contribution in [2.75, 3.05) is 30.1 Å². The third-order valence-electron chi connectivity index (χ3n) is 5.63. The zero-order chi connectivity index (χ0) is 26.4. The maximum absolute atomic E-state index is 13.4. The average molecular weight is 539 g/mol. The highest BCUT2D eigenvalue weighted by Gasteiger charge is 2.29. The predicted octanol–water partition coefficient (Wildman–Crippen LogP) is 3.44. The van der Waals surface area contributed by atoms with E-state index in [0.29, 0.717) is 17.1 Å². The Bertz CT molecular complexity index is 1490. The zero-order valence-electron chi connectivity index (χ0n) is 20.2. The lowest BCUT2D eigenvalue weighted by molar-refractivity contribution is -0.120. The van der Waals surface area contributed by atoms with Crippen LogP contribution in [-0.2, 0) is 26.0 Å². The van der Waals surface area contributed by atoms with E-state index in [0.717, 1.165) is 15.8 Å². The second-order valence-corrected chi connectivity index (χ2v) is 10.9. The summed E-state index contributed by atoms with van der Waals surface area (Å²) in [4.78, 5) is 31.6. The van der Waals surface area contributed by atoms with Gasteiger partial charge in [-0.3, -0.25) is 9.59 Å². The first-order valence-corrected chi connectivity index (χ1v) is 13.9. The van der Waals surface area contributed by atoms with E-state index < -0.39 is 33.6 Å². The molecule has 0 unspecified atom stereocenters. The molecule has 0 radical (unpaired) electrons. The third kappa shape index (κ3) is 6.91. The molecule has 0 spiro atoms. The first-order chi connectivity index (χ1) is 17.7. The normalized spacial score (nSPS) is 12.2. The monoisotopic (exact) mass is 538 g/mol. The third-order valence-corrected chi connectivity index (χ3v) is 7.71. The van der Waals surface area contributed by atoms with Crippen LogP contribution in [0.5, 0.6) is 5.75 Å². The molecule has 0 saturated heterocycles. The number of hydrogen-bond acceptors (Lipinski definition) is 7. The summed E-state index contributed by atoms with van der Waals surface area (Å²) in [5.41, 5.74) is 4.29. The first-order valence-electron chi connectivity index (χ1n) is 11.3. The first kappa shape index (κ1) is 26.3. The summed E-state index contributed by atoms with van der Waals surface area (Å²) in [5, 5.41) is 2.61. The molecule has 3 aromatic carbocycles. The van der Waals surface area contributed by atoms with Crippen LogP contribution in [0.25, 0.3) is 10.2 Å². The second-order valence-electron chi connectivity index (χ2n) is 8.30. The Morgan fingerprint density at radius 2 is 1.78 bits per heavy atom. The number of nitrogens with zero attached hydrogens (tertiary/aromatic N) is 2. The number of nitrogens with one attached hydrogen (secondary N) is 2. The lowest BCUT2D eigenvalue weighted by atomic mass is 10.1. The molecule has 0 saturated carbocycles. The number of fused-ring (bicyclic) bond motifs is 1. The highest BCUT2D eigenvalue weighted by atomic mass is 32.2. The molecule has 0 bridgehead atoms. The van der Waals surface area contributed by atoms with Crippen molar-refractivity contribution in [2.24, 2.45) is 0 Å². The number of thiazole rings is 1. The fourth-order valence-corrected chi connectivity index (χ4v) is 5.59. The molecule has 2 N–H and O–H groups in total. The molecule has 1 heterocycles. The number of aromatic nitrogens is 1. The molecule has 37 heavy (non-hydrogen) atoms. The SMILES string of the molecule is COc1ccc(N(C)C(=O)[C@H](Cc2ccccc2)NS(=O)(=O)CC(=O)Nc2ccc3ncsc3c2)cc1. The van der Waals surface area contributed by atoms with Gasteiger partial charge in [0.15, 0.2) is 0 Å². The summed E-state index contributed by atoms with van der Waals surface area (Å²) >= 11 is 1.41. The van der Waals surface area contributed by atoms with Crippen LogP contribution < -0.4 is 19.7 Å². The van der Waals surface area contributed by atoms with Crippen molar-refractivity contribution in [3.05, 3.63) is 83.9 Å². The molecule has 11 heteroatoms. The molecule has 9 nitrogen and oxygen atoms in total. The van der Waals surface area contributed by atoms with E-state index in [2.05, 4.69) is 15.0 Å². The quantitative estimate of drug-likeness (QED) is 0.319. The van der Waals surface area contributed by atoms with Gasteiger partial charge < -0.3 is 15.0 Å². The van der Waals surface area contributed by atoms with Crippen LogP contribution in [0.4, 0.5) is 11.4 Å². The minimum Gasteiger partial charge on any atom is -0.497 e. The molecule has 1 aromatic heterocycles. The fourth-order valence-electron chi connectivity index (χ4n) is 3.76. The smallest absolute Gasteiger partial charge is 0.245 e. The number of amides is 2. The minimum atomic E-state index is -4.16. The van der Waals surface area contributed by atoms with Gasteiger partial charge in [0, 0.05) is 18.4 Å². The highest BCUT2D eigenvalue weighted by Crippen LogP contribution is 2.22. The largest absolute Gasteiger partial charge is 0.497 e. The van der Waals surface area contributed by atoms with Gasteiger partial charge in [-0.15, -0.1) is 11.3 Å². The van der Waals surface area contributed by atoms with Crippen LogP contribution in [0.2, 0.25) is 0 Å². The van der Waals surface area contributed by atoms with Crippen LogP contribution >= 0.6 is 11.3 Å². The molecule has 4 aromatic rings. The van der Waals surface area contributed by atoms with E-state index in [4.69, 9.17) is 4.74 Å². The standard InChI is InChI=1S/C26H26N4O5S2/c1-30(20-9-11-21(35-2)12-10-20)26(32)23(14-18-6-4-3-5-7-18)29-37(33,34)16-25(31)28-19-8-13-22-24(15-19)36-17-27-22/h3-13,15,17,23,29H,14,16H2,1-2H3,(H,28,31)/t23-/m0/s1. The number of ether oxygens (including phenoxy) is 1. The van der Waals surface area contributed by atoms with Crippen LogP contribution in [0.1, 0.15) is 5.56 Å². The lowest BCUT2D eigenvalue weighted by Crippen LogP contribution is -2.50. The van der Waals surface area contributed by atoms with Crippen molar-refractivity contribution in [1.82, 2.24) is 9.71 Å². The topological polar surface area (TPSA) is 118 Å². The summed E-state index contributed by atoms with van der Waals surface area (Å²) in [6.45, 7) is 0. The number of carbonyl (C=O) groups excluding carboxylic acids is 2. The van der Waals surface area contributed by atoms with Crippen molar-refractivity contribution in [1.29, 1.82) is 0 Å². The molecule has 192 valence electrons. The van der Waals surface area contributed by atoms with Crippen molar-refractivity contribution in [3.8, 4) is 5.75 Å². The Balaban J connectivity index is 1.49. The van der Waals surface area contributed by atoms with Crippen molar-refractivity contribution >= 4 is 54.8 Å². The van der Waals surface area contributed by atoms with Gasteiger partial charge in [0.2, 0.25) is 21.8 Å². The Morgan fingerprint density at radius 1 is 1.05 bits per heavy atom. The van der Waals surface area contributed by atoms with E-state index >= 15 is 0 Å². The second kappa shape index (κ2) is 11.5. The number of carbonyl (C=O) groups is 2. The van der Waals surface area contributed by atoms with E-state index in [1.54, 1.807) is 62.1 Å². The van der Waals surface area contributed by atoms with Gasteiger partial charge in [0.05, 0.1) is 22.8 Å². The Morgan fingerprint density at radius 3 is 2.49 bits per heavy atom. The molecule has 1 atom stereocenters. The number of hydrogen-bond donors (Lipinski definition) is 2. The van der Waals surface area contributed by atoms with Gasteiger partial charge in [0.25, 0.3) is 0 Å². The average Bonchev–Trinajstić information content (AvgIpc) is 3.35. The number of benzene rings is 3. The van der Waals surface area contributed by atoms with Gasteiger partial charge in [-0.1, -0.05) is 30.3 Å². The molecule has 0 fully saturated rings. The molecule has 4 rings (SSSR count).